The molecule has 176 valence electrons. The minimum absolute atomic E-state index is 0.0500. The number of piperazine rings is 1. The average Bonchev–Trinajstić information content (AvgIpc) is 3.36. The van der Waals surface area contributed by atoms with Crippen LogP contribution in [0.4, 0.5) is 0 Å². The Bertz CT molecular complexity index is 954. The first-order chi connectivity index (χ1) is 16.1. The van der Waals surface area contributed by atoms with E-state index in [0.717, 1.165) is 77.4 Å². The molecule has 6 heteroatoms. The lowest BCUT2D eigenvalue weighted by atomic mass is 9.90. The van der Waals surface area contributed by atoms with Gasteiger partial charge in [-0.1, -0.05) is 42.5 Å². The number of aliphatic hydroxyl groups is 1. The second-order valence-electron chi connectivity index (χ2n) is 9.86. The molecule has 2 aliphatic heterocycles. The molecule has 3 aliphatic rings. The number of furan rings is 1. The molecule has 1 amide bonds. The first-order valence-corrected chi connectivity index (χ1v) is 12.3. The van der Waals surface area contributed by atoms with Crippen molar-refractivity contribution < 1.29 is 14.3 Å². The fraction of sp³-hybridized carbons (Fsp3) is 0.519. The van der Waals surface area contributed by atoms with Gasteiger partial charge in [0.15, 0.2) is 0 Å². The van der Waals surface area contributed by atoms with Gasteiger partial charge in [-0.2, -0.15) is 0 Å². The van der Waals surface area contributed by atoms with Gasteiger partial charge in [-0.3, -0.25) is 14.6 Å². The van der Waals surface area contributed by atoms with E-state index < -0.39 is 0 Å². The summed E-state index contributed by atoms with van der Waals surface area (Å²) in [7, 11) is 0. The number of nitrogens with zero attached hydrogens (tertiary/aromatic N) is 3. The molecule has 33 heavy (non-hydrogen) atoms. The Morgan fingerprint density at radius 1 is 0.970 bits per heavy atom. The summed E-state index contributed by atoms with van der Waals surface area (Å²) in [5.74, 6) is 2.16. The summed E-state index contributed by atoms with van der Waals surface area (Å²) < 4.78 is 5.64. The van der Waals surface area contributed by atoms with Gasteiger partial charge >= 0.3 is 0 Å². The van der Waals surface area contributed by atoms with Gasteiger partial charge in [0.25, 0.3) is 0 Å². The van der Waals surface area contributed by atoms with E-state index in [1.807, 2.05) is 18.2 Å². The molecule has 0 bridgehead atoms. The number of likely N-dealkylation sites (tertiary alicyclic amines) is 1. The monoisotopic (exact) mass is 449 g/mol. The van der Waals surface area contributed by atoms with Crippen molar-refractivity contribution in [2.45, 2.75) is 32.4 Å². The molecule has 2 saturated heterocycles. The molecule has 1 aliphatic carbocycles. The molecule has 1 spiro atoms. The minimum atomic E-state index is -0.0500. The van der Waals surface area contributed by atoms with Gasteiger partial charge in [-0.15, -0.1) is 0 Å². The van der Waals surface area contributed by atoms with Crippen LogP contribution in [-0.2, 0) is 17.9 Å². The topological polar surface area (TPSA) is 60.2 Å². The molecule has 1 aromatic heterocycles. The zero-order valence-corrected chi connectivity index (χ0v) is 19.4. The normalized spacial score (nSPS) is 23.4. The maximum atomic E-state index is 13.2. The highest BCUT2D eigenvalue weighted by atomic mass is 16.4. The van der Waals surface area contributed by atoms with E-state index in [0.29, 0.717) is 11.7 Å². The van der Waals surface area contributed by atoms with Crippen molar-refractivity contribution in [2.75, 3.05) is 45.8 Å². The fourth-order valence-electron chi connectivity index (χ4n) is 5.49. The highest BCUT2D eigenvalue weighted by Crippen LogP contribution is 2.60. The highest BCUT2D eigenvalue weighted by molar-refractivity contribution is 5.83. The third-order valence-corrected chi connectivity index (χ3v) is 7.75. The van der Waals surface area contributed by atoms with Crippen molar-refractivity contribution in [1.82, 2.24) is 14.7 Å². The van der Waals surface area contributed by atoms with Crippen molar-refractivity contribution in [3.05, 3.63) is 65.6 Å². The first kappa shape index (κ1) is 22.4. The van der Waals surface area contributed by atoms with Crippen LogP contribution in [0.2, 0.25) is 0 Å². The van der Waals surface area contributed by atoms with E-state index in [2.05, 4.69) is 51.1 Å². The lowest BCUT2D eigenvalue weighted by molar-refractivity contribution is -0.135. The number of benzene rings is 1. The Kier molecular flexibility index (Phi) is 6.67. The smallest absolute Gasteiger partial charge is 0.226 e. The molecule has 0 unspecified atom stereocenters. The van der Waals surface area contributed by atoms with Crippen LogP contribution in [0.25, 0.3) is 6.08 Å². The average molecular weight is 450 g/mol. The van der Waals surface area contributed by atoms with E-state index in [1.165, 1.54) is 5.56 Å². The van der Waals surface area contributed by atoms with Gasteiger partial charge in [-0.05, 0) is 55.5 Å². The Labute approximate surface area is 196 Å². The Morgan fingerprint density at radius 2 is 1.70 bits per heavy atom. The summed E-state index contributed by atoms with van der Waals surface area (Å²) in [6.45, 7) is 7.32. The molecule has 3 heterocycles. The van der Waals surface area contributed by atoms with Crippen molar-refractivity contribution in [3.63, 3.8) is 0 Å². The molecule has 0 radical (unpaired) electrons. The van der Waals surface area contributed by atoms with Crippen LogP contribution in [-0.4, -0.2) is 71.5 Å². The van der Waals surface area contributed by atoms with Crippen LogP contribution in [0, 0.1) is 11.3 Å². The summed E-state index contributed by atoms with van der Waals surface area (Å²) in [5, 5.41) is 9.17. The van der Waals surface area contributed by atoms with Crippen LogP contribution in [0.15, 0.2) is 53.0 Å². The number of aliphatic hydroxyl groups excluding tert-OH is 1. The highest BCUT2D eigenvalue weighted by Gasteiger charge is 2.59. The third-order valence-electron chi connectivity index (χ3n) is 7.75. The van der Waals surface area contributed by atoms with Crippen LogP contribution >= 0.6 is 0 Å². The number of hydrogen-bond acceptors (Lipinski definition) is 5. The molecule has 1 atom stereocenters. The molecule has 1 saturated carbocycles. The van der Waals surface area contributed by atoms with Gasteiger partial charge in [0, 0.05) is 38.6 Å². The van der Waals surface area contributed by atoms with Gasteiger partial charge < -0.3 is 14.4 Å². The van der Waals surface area contributed by atoms with E-state index in [9.17, 15) is 4.79 Å². The largest absolute Gasteiger partial charge is 0.462 e. The van der Waals surface area contributed by atoms with E-state index >= 15 is 0 Å². The standard InChI is InChI=1S/C27H35N3O3/c31-21-24-9-8-23(33-24)20-29-13-10-27(11-14-29)19-25(27)26(32)30-17-15-28(16-18-30)12-4-7-22-5-2-1-3-6-22/h1-9,25,31H,10-21H2/b7-4+/t25-/m1/s1. The van der Waals surface area contributed by atoms with E-state index in [-0.39, 0.29) is 17.9 Å². The molecule has 3 fully saturated rings. The quantitative estimate of drug-likeness (QED) is 0.703. The van der Waals surface area contributed by atoms with Crippen molar-refractivity contribution in [3.8, 4) is 0 Å². The van der Waals surface area contributed by atoms with Crippen molar-refractivity contribution in [2.24, 2.45) is 11.3 Å². The number of piperidine rings is 1. The Balaban J connectivity index is 1.04. The lowest BCUT2D eigenvalue weighted by Gasteiger charge is -2.36. The van der Waals surface area contributed by atoms with Crippen LogP contribution < -0.4 is 0 Å². The number of rotatable bonds is 7. The number of carbonyl (C=O) groups excluding carboxylic acids is 1. The van der Waals surface area contributed by atoms with Crippen LogP contribution in [0.5, 0.6) is 0 Å². The summed E-state index contributed by atoms with van der Waals surface area (Å²) in [6, 6.07) is 14.2. The predicted molar refractivity (Wildman–Crippen MR) is 128 cm³/mol. The molecule has 5 rings (SSSR count). The number of amides is 1. The SMILES string of the molecule is O=C([C@H]1CC12CCN(Cc1ccc(CO)o1)CC2)N1CCN(C/C=C/c2ccccc2)CC1. The van der Waals surface area contributed by atoms with Gasteiger partial charge in [-0.25, -0.2) is 0 Å². The molecule has 2 aromatic rings. The first-order valence-electron chi connectivity index (χ1n) is 12.3. The maximum absolute atomic E-state index is 13.2. The zero-order chi connectivity index (χ0) is 22.7. The van der Waals surface area contributed by atoms with Gasteiger partial charge in [0.2, 0.25) is 5.91 Å². The Hall–Kier alpha value is -2.41. The van der Waals surface area contributed by atoms with Gasteiger partial charge in [0.05, 0.1) is 6.54 Å². The molecule has 1 N–H and O–H groups in total. The second-order valence-corrected chi connectivity index (χ2v) is 9.86. The number of carbonyl (C=O) groups is 1. The predicted octanol–water partition coefficient (Wildman–Crippen LogP) is 3.23. The van der Waals surface area contributed by atoms with Crippen molar-refractivity contribution >= 4 is 12.0 Å². The second kappa shape index (κ2) is 9.84. The molecular weight excluding hydrogens is 414 g/mol. The minimum Gasteiger partial charge on any atom is -0.462 e. The summed E-state index contributed by atoms with van der Waals surface area (Å²) >= 11 is 0. The number of hydrogen-bond donors (Lipinski definition) is 1. The summed E-state index contributed by atoms with van der Waals surface area (Å²) in [5.41, 5.74) is 1.47. The molecular formula is C27H35N3O3. The fourth-order valence-corrected chi connectivity index (χ4v) is 5.49. The Morgan fingerprint density at radius 3 is 2.39 bits per heavy atom. The van der Waals surface area contributed by atoms with Gasteiger partial charge in [0.1, 0.15) is 18.1 Å². The maximum Gasteiger partial charge on any atom is 0.226 e. The van der Waals surface area contributed by atoms with E-state index in [4.69, 9.17) is 9.52 Å². The van der Waals surface area contributed by atoms with Crippen LogP contribution in [0.3, 0.4) is 0 Å². The molecule has 1 aromatic carbocycles. The van der Waals surface area contributed by atoms with Crippen LogP contribution in [0.1, 0.15) is 36.3 Å². The third kappa shape index (κ3) is 5.24. The summed E-state index contributed by atoms with van der Waals surface area (Å²) in [4.78, 5) is 20.1. The molecule has 6 nitrogen and oxygen atoms in total. The zero-order valence-electron chi connectivity index (χ0n) is 19.4. The van der Waals surface area contributed by atoms with Crippen molar-refractivity contribution in [1.29, 1.82) is 0 Å². The summed E-state index contributed by atoms with van der Waals surface area (Å²) in [6.07, 6.45) is 7.66. The lowest BCUT2D eigenvalue weighted by Crippen LogP contribution is -2.49. The van der Waals surface area contributed by atoms with E-state index in [1.54, 1.807) is 0 Å².